The molecule has 0 aliphatic rings. The predicted molar refractivity (Wildman–Crippen MR) is 93.3 cm³/mol. The molecule has 0 amide bonds. The number of carbonyl (C=O) groups is 2. The molecule has 0 aliphatic carbocycles. The van der Waals surface area contributed by atoms with Crippen molar-refractivity contribution >= 4 is 22.7 Å². The van der Waals surface area contributed by atoms with Crippen LogP contribution in [0.5, 0.6) is 5.75 Å². The van der Waals surface area contributed by atoms with Crippen molar-refractivity contribution in [2.45, 2.75) is 20.3 Å². The van der Waals surface area contributed by atoms with Crippen molar-refractivity contribution in [1.29, 1.82) is 0 Å². The second kappa shape index (κ2) is 7.00. The van der Waals surface area contributed by atoms with Gasteiger partial charge in [-0.1, -0.05) is 6.92 Å². The van der Waals surface area contributed by atoms with E-state index in [1.54, 1.807) is 25.1 Å². The van der Waals surface area contributed by atoms with Crippen LogP contribution in [-0.2, 0) is 11.2 Å². The van der Waals surface area contributed by atoms with Crippen LogP contribution in [-0.4, -0.2) is 23.5 Å². The van der Waals surface area contributed by atoms with Gasteiger partial charge in [-0.3, -0.25) is 4.79 Å². The molecule has 0 bridgehead atoms. The summed E-state index contributed by atoms with van der Waals surface area (Å²) in [6.45, 7) is 3.14. The van der Waals surface area contributed by atoms with Gasteiger partial charge in [0.2, 0.25) is 0 Å². The van der Waals surface area contributed by atoms with Crippen molar-refractivity contribution in [3.8, 4) is 5.75 Å². The Kier molecular flexibility index (Phi) is 4.75. The maximum Gasteiger partial charge on any atom is 0.341 e. The highest BCUT2D eigenvalue weighted by molar-refractivity contribution is 6.17. The third-order valence-electron chi connectivity index (χ3n) is 4.06. The molecule has 1 N–H and O–H groups in total. The monoisotopic (exact) mass is 356 g/mol. The fourth-order valence-electron chi connectivity index (χ4n) is 2.86. The maximum atomic E-state index is 13.4. The first-order valence-corrected chi connectivity index (χ1v) is 8.11. The van der Waals surface area contributed by atoms with Crippen LogP contribution in [0.1, 0.15) is 34.2 Å². The summed E-state index contributed by atoms with van der Waals surface area (Å²) < 4.78 is 24.3. The standard InChI is InChI=1S/C20H17FO5/c1-3-15-19(14-6-5-13(21)9-17(14)26-15)20(24)12-4-7-16(11(2)8-12)25-10-18(22)23/h4-9H,3,10H2,1-2H3,(H,22,23). The van der Waals surface area contributed by atoms with Crippen molar-refractivity contribution in [2.24, 2.45) is 0 Å². The number of carboxylic acid groups (broad SMARTS) is 1. The van der Waals surface area contributed by atoms with Crippen LogP contribution < -0.4 is 4.74 Å². The number of ether oxygens (including phenoxy) is 1. The number of aryl methyl sites for hydroxylation is 2. The predicted octanol–water partition coefficient (Wildman–Crippen LogP) is 4.14. The Morgan fingerprint density at radius 3 is 2.62 bits per heavy atom. The van der Waals surface area contributed by atoms with E-state index in [0.29, 0.717) is 45.6 Å². The third kappa shape index (κ3) is 3.31. The molecule has 0 fully saturated rings. The molecule has 26 heavy (non-hydrogen) atoms. The SMILES string of the molecule is CCc1oc2cc(F)ccc2c1C(=O)c1ccc(OCC(=O)O)c(C)c1. The third-order valence-corrected chi connectivity index (χ3v) is 4.06. The molecule has 0 radical (unpaired) electrons. The van der Waals surface area contributed by atoms with Gasteiger partial charge in [0.05, 0.1) is 5.56 Å². The maximum absolute atomic E-state index is 13.4. The van der Waals surface area contributed by atoms with Gasteiger partial charge in [-0.05, 0) is 42.8 Å². The van der Waals surface area contributed by atoms with E-state index in [2.05, 4.69) is 0 Å². The average Bonchev–Trinajstić information content (AvgIpc) is 2.97. The summed E-state index contributed by atoms with van der Waals surface area (Å²) in [4.78, 5) is 23.6. The minimum atomic E-state index is -1.07. The molecular formula is C20H17FO5. The Morgan fingerprint density at radius 2 is 1.96 bits per heavy atom. The zero-order valence-electron chi connectivity index (χ0n) is 14.3. The Labute approximate surface area is 149 Å². The summed E-state index contributed by atoms with van der Waals surface area (Å²) in [5.41, 5.74) is 1.82. The quantitative estimate of drug-likeness (QED) is 0.672. The van der Waals surface area contributed by atoms with Crippen LogP contribution in [0.15, 0.2) is 40.8 Å². The number of benzene rings is 2. The van der Waals surface area contributed by atoms with E-state index in [9.17, 15) is 14.0 Å². The van der Waals surface area contributed by atoms with Crippen LogP contribution in [0.25, 0.3) is 11.0 Å². The second-order valence-corrected chi connectivity index (χ2v) is 5.89. The Bertz CT molecular complexity index is 1000. The zero-order valence-corrected chi connectivity index (χ0v) is 14.3. The molecule has 3 aromatic rings. The minimum absolute atomic E-state index is 0.236. The number of ketones is 1. The van der Waals surface area contributed by atoms with Crippen LogP contribution >= 0.6 is 0 Å². The molecule has 0 unspecified atom stereocenters. The Morgan fingerprint density at radius 1 is 1.19 bits per heavy atom. The molecule has 5 nitrogen and oxygen atoms in total. The number of halogens is 1. The molecule has 0 saturated heterocycles. The van der Waals surface area contributed by atoms with Gasteiger partial charge in [-0.2, -0.15) is 0 Å². The van der Waals surface area contributed by atoms with Gasteiger partial charge >= 0.3 is 5.97 Å². The largest absolute Gasteiger partial charge is 0.482 e. The Hall–Kier alpha value is -3.15. The summed E-state index contributed by atoms with van der Waals surface area (Å²) in [6.07, 6.45) is 0.496. The van der Waals surface area contributed by atoms with Gasteiger partial charge in [0.15, 0.2) is 12.4 Å². The van der Waals surface area contributed by atoms with Crippen molar-refractivity contribution in [2.75, 3.05) is 6.61 Å². The highest BCUT2D eigenvalue weighted by Crippen LogP contribution is 2.30. The molecule has 1 aromatic heterocycles. The van der Waals surface area contributed by atoms with Gasteiger partial charge in [-0.25, -0.2) is 9.18 Å². The number of hydrogen-bond donors (Lipinski definition) is 1. The van der Waals surface area contributed by atoms with Crippen molar-refractivity contribution < 1.29 is 28.2 Å². The number of hydrogen-bond acceptors (Lipinski definition) is 4. The van der Waals surface area contributed by atoms with Gasteiger partial charge in [-0.15, -0.1) is 0 Å². The summed E-state index contributed by atoms with van der Waals surface area (Å²) >= 11 is 0. The lowest BCUT2D eigenvalue weighted by Crippen LogP contribution is -2.10. The number of carboxylic acids is 1. The van der Waals surface area contributed by atoms with E-state index < -0.39 is 18.4 Å². The lowest BCUT2D eigenvalue weighted by molar-refractivity contribution is -0.139. The molecule has 6 heteroatoms. The summed E-state index contributed by atoms with van der Waals surface area (Å²) in [7, 11) is 0. The van der Waals surface area contributed by atoms with Crippen LogP contribution in [0.4, 0.5) is 4.39 Å². The number of fused-ring (bicyclic) bond motifs is 1. The lowest BCUT2D eigenvalue weighted by atomic mass is 9.98. The van der Waals surface area contributed by atoms with E-state index in [0.717, 1.165) is 0 Å². The minimum Gasteiger partial charge on any atom is -0.482 e. The van der Waals surface area contributed by atoms with Crippen molar-refractivity contribution in [3.63, 3.8) is 0 Å². The van der Waals surface area contributed by atoms with E-state index in [1.807, 2.05) is 6.92 Å². The summed E-state index contributed by atoms with van der Waals surface area (Å²) in [5, 5.41) is 9.26. The molecule has 0 aliphatic heterocycles. The number of furan rings is 1. The molecule has 0 atom stereocenters. The van der Waals surface area contributed by atoms with E-state index in [1.165, 1.54) is 18.2 Å². The van der Waals surface area contributed by atoms with Crippen molar-refractivity contribution in [1.82, 2.24) is 0 Å². The molecular weight excluding hydrogens is 339 g/mol. The zero-order chi connectivity index (χ0) is 18.8. The fraction of sp³-hybridized carbons (Fsp3) is 0.200. The molecule has 3 rings (SSSR count). The van der Waals surface area contributed by atoms with Gasteiger partial charge in [0, 0.05) is 23.4 Å². The number of carbonyl (C=O) groups excluding carboxylic acids is 1. The lowest BCUT2D eigenvalue weighted by Gasteiger charge is -2.09. The number of aliphatic carboxylic acids is 1. The normalized spacial score (nSPS) is 10.9. The smallest absolute Gasteiger partial charge is 0.341 e. The average molecular weight is 356 g/mol. The highest BCUT2D eigenvalue weighted by Gasteiger charge is 2.22. The second-order valence-electron chi connectivity index (χ2n) is 5.89. The van der Waals surface area contributed by atoms with Gasteiger partial charge < -0.3 is 14.3 Å². The van der Waals surface area contributed by atoms with E-state index >= 15 is 0 Å². The molecule has 0 spiro atoms. The molecule has 1 heterocycles. The van der Waals surface area contributed by atoms with Gasteiger partial charge in [0.1, 0.15) is 22.9 Å². The Balaban J connectivity index is 2.00. The molecule has 2 aromatic carbocycles. The molecule has 0 saturated carbocycles. The van der Waals surface area contributed by atoms with Crippen LogP contribution in [0.3, 0.4) is 0 Å². The summed E-state index contributed by atoms with van der Waals surface area (Å²) in [5.74, 6) is -0.837. The topological polar surface area (TPSA) is 76.7 Å². The first-order valence-electron chi connectivity index (χ1n) is 8.11. The first-order chi connectivity index (χ1) is 12.4. The van der Waals surface area contributed by atoms with Gasteiger partial charge in [0.25, 0.3) is 0 Å². The molecule has 134 valence electrons. The highest BCUT2D eigenvalue weighted by atomic mass is 19.1. The van der Waals surface area contributed by atoms with E-state index in [4.69, 9.17) is 14.3 Å². The van der Waals surface area contributed by atoms with Crippen LogP contribution in [0, 0.1) is 12.7 Å². The fourth-order valence-corrected chi connectivity index (χ4v) is 2.86. The van der Waals surface area contributed by atoms with Crippen molar-refractivity contribution in [3.05, 3.63) is 64.7 Å². The first kappa shape index (κ1) is 17.7. The number of rotatable bonds is 6. The van der Waals surface area contributed by atoms with E-state index in [-0.39, 0.29) is 5.78 Å². The summed E-state index contributed by atoms with van der Waals surface area (Å²) in [6, 6.07) is 8.88. The van der Waals surface area contributed by atoms with Crippen LogP contribution in [0.2, 0.25) is 0 Å².